The fraction of sp³-hybridized carbons (Fsp3) is 0.0909. The maximum absolute atomic E-state index is 13.6. The van der Waals surface area contributed by atoms with E-state index in [1.54, 1.807) is 0 Å². The van der Waals surface area contributed by atoms with Gasteiger partial charge in [-0.25, -0.2) is 9.37 Å². The molecule has 0 amide bonds. The average molecular weight is 274 g/mol. The summed E-state index contributed by atoms with van der Waals surface area (Å²) >= 11 is 4.62. The van der Waals surface area contributed by atoms with Crippen LogP contribution in [0, 0.1) is 10.5 Å². The molecule has 0 aliphatic rings. The number of halogens is 4. The molecule has 0 spiro atoms. The van der Waals surface area contributed by atoms with Crippen LogP contribution in [-0.2, 0) is 6.18 Å². The van der Waals surface area contributed by atoms with Crippen molar-refractivity contribution in [3.05, 3.63) is 46.6 Å². The maximum atomic E-state index is 13.6. The standard InChI is InChI=1S/C11H6F4N2S/c12-8-9(16-5-17-10(8)18)6-2-1-3-7(4-6)11(13,14)15/h1-5H,(H,16,17,18). The summed E-state index contributed by atoms with van der Waals surface area (Å²) in [4.78, 5) is 5.95. The van der Waals surface area contributed by atoms with E-state index in [4.69, 9.17) is 0 Å². The summed E-state index contributed by atoms with van der Waals surface area (Å²) in [5.41, 5.74) is -0.896. The van der Waals surface area contributed by atoms with Crippen molar-refractivity contribution < 1.29 is 17.6 Å². The highest BCUT2D eigenvalue weighted by molar-refractivity contribution is 7.71. The molecule has 2 aromatic rings. The van der Waals surface area contributed by atoms with Gasteiger partial charge in [0, 0.05) is 5.56 Å². The van der Waals surface area contributed by atoms with Gasteiger partial charge in [0.05, 0.1) is 17.6 Å². The van der Waals surface area contributed by atoms with E-state index in [-0.39, 0.29) is 15.9 Å². The number of hydrogen-bond donors (Lipinski definition) is 1. The molecule has 0 bridgehead atoms. The summed E-state index contributed by atoms with van der Waals surface area (Å²) in [6.45, 7) is 0. The number of nitrogens with zero attached hydrogens (tertiary/aromatic N) is 1. The molecular formula is C11H6F4N2S. The molecule has 0 aliphatic heterocycles. The lowest BCUT2D eigenvalue weighted by atomic mass is 10.1. The summed E-state index contributed by atoms with van der Waals surface area (Å²) in [5.74, 6) is -0.841. The second-order valence-electron chi connectivity index (χ2n) is 3.48. The van der Waals surface area contributed by atoms with E-state index >= 15 is 0 Å². The topological polar surface area (TPSA) is 28.7 Å². The highest BCUT2D eigenvalue weighted by Crippen LogP contribution is 2.32. The molecule has 18 heavy (non-hydrogen) atoms. The first-order valence-corrected chi connectivity index (χ1v) is 5.21. The van der Waals surface area contributed by atoms with Gasteiger partial charge < -0.3 is 4.98 Å². The molecule has 0 radical (unpaired) electrons. The second-order valence-corrected chi connectivity index (χ2v) is 3.86. The fourth-order valence-electron chi connectivity index (χ4n) is 1.44. The van der Waals surface area contributed by atoms with Crippen LogP contribution in [0.4, 0.5) is 17.6 Å². The van der Waals surface area contributed by atoms with Gasteiger partial charge in [-0.15, -0.1) is 0 Å². The van der Waals surface area contributed by atoms with Crippen LogP contribution in [0.1, 0.15) is 5.56 Å². The number of nitrogens with one attached hydrogen (secondary N) is 1. The fourth-order valence-corrected chi connectivity index (χ4v) is 1.60. The zero-order chi connectivity index (χ0) is 13.3. The van der Waals surface area contributed by atoms with Gasteiger partial charge in [-0.2, -0.15) is 13.2 Å². The second kappa shape index (κ2) is 4.49. The molecule has 1 N–H and O–H groups in total. The number of alkyl halides is 3. The Morgan fingerprint density at radius 1 is 1.22 bits per heavy atom. The Morgan fingerprint density at radius 3 is 2.61 bits per heavy atom. The van der Waals surface area contributed by atoms with Crippen molar-refractivity contribution in [1.29, 1.82) is 0 Å². The first-order chi connectivity index (χ1) is 8.39. The lowest BCUT2D eigenvalue weighted by molar-refractivity contribution is -0.137. The van der Waals surface area contributed by atoms with Gasteiger partial charge in [0.15, 0.2) is 10.5 Å². The minimum Gasteiger partial charge on any atom is -0.343 e. The molecule has 0 atom stereocenters. The number of rotatable bonds is 1. The third-order valence-electron chi connectivity index (χ3n) is 2.28. The van der Waals surface area contributed by atoms with E-state index in [1.165, 1.54) is 12.1 Å². The number of aromatic nitrogens is 2. The van der Waals surface area contributed by atoms with Crippen molar-refractivity contribution in [3.63, 3.8) is 0 Å². The van der Waals surface area contributed by atoms with Crippen molar-refractivity contribution in [2.45, 2.75) is 6.18 Å². The highest BCUT2D eigenvalue weighted by atomic mass is 32.1. The Bertz CT molecular complexity index is 633. The lowest BCUT2D eigenvalue weighted by Gasteiger charge is -2.09. The number of H-pyrrole nitrogens is 1. The van der Waals surface area contributed by atoms with E-state index in [0.717, 1.165) is 18.5 Å². The zero-order valence-electron chi connectivity index (χ0n) is 8.75. The van der Waals surface area contributed by atoms with Crippen molar-refractivity contribution in [2.75, 3.05) is 0 Å². The summed E-state index contributed by atoms with van der Waals surface area (Å²) in [6.07, 6.45) is -3.34. The van der Waals surface area contributed by atoms with Crippen LogP contribution in [0.2, 0.25) is 0 Å². The minimum absolute atomic E-state index is 0.0656. The summed E-state index contributed by atoms with van der Waals surface area (Å²) < 4.78 is 50.9. The van der Waals surface area contributed by atoms with E-state index in [2.05, 4.69) is 22.2 Å². The third kappa shape index (κ3) is 2.40. The largest absolute Gasteiger partial charge is 0.416 e. The Morgan fingerprint density at radius 2 is 1.94 bits per heavy atom. The Labute approximate surface area is 104 Å². The Kier molecular flexibility index (Phi) is 3.16. The van der Waals surface area contributed by atoms with E-state index in [9.17, 15) is 17.6 Å². The SMILES string of the molecule is Fc1c(-c2cccc(C(F)(F)F)c2)[nH]cnc1=S. The van der Waals surface area contributed by atoms with Crippen LogP contribution in [0.15, 0.2) is 30.6 Å². The van der Waals surface area contributed by atoms with Gasteiger partial charge in [0.25, 0.3) is 0 Å². The summed E-state index contributed by atoms with van der Waals surface area (Å²) in [6, 6.07) is 4.33. The van der Waals surface area contributed by atoms with Gasteiger partial charge >= 0.3 is 6.18 Å². The Balaban J connectivity index is 2.59. The van der Waals surface area contributed by atoms with Crippen LogP contribution < -0.4 is 0 Å². The molecule has 2 rings (SSSR count). The zero-order valence-corrected chi connectivity index (χ0v) is 9.57. The minimum atomic E-state index is -4.48. The number of benzene rings is 1. The number of aromatic amines is 1. The molecule has 7 heteroatoms. The van der Waals surface area contributed by atoms with Crippen LogP contribution in [0.5, 0.6) is 0 Å². The normalized spacial score (nSPS) is 11.6. The monoisotopic (exact) mass is 274 g/mol. The maximum Gasteiger partial charge on any atom is 0.416 e. The van der Waals surface area contributed by atoms with Gasteiger partial charge in [-0.3, -0.25) is 0 Å². The molecule has 0 saturated heterocycles. The predicted molar refractivity (Wildman–Crippen MR) is 59.8 cm³/mol. The molecule has 2 nitrogen and oxygen atoms in total. The van der Waals surface area contributed by atoms with Crippen molar-refractivity contribution in [2.24, 2.45) is 0 Å². The molecular weight excluding hydrogens is 268 g/mol. The molecule has 1 aromatic carbocycles. The van der Waals surface area contributed by atoms with E-state index < -0.39 is 17.6 Å². The molecule has 94 valence electrons. The van der Waals surface area contributed by atoms with Crippen LogP contribution in [-0.4, -0.2) is 9.97 Å². The molecule has 1 heterocycles. The van der Waals surface area contributed by atoms with Crippen LogP contribution >= 0.6 is 12.2 Å². The molecule has 1 aromatic heterocycles. The van der Waals surface area contributed by atoms with E-state index in [1.807, 2.05) is 0 Å². The van der Waals surface area contributed by atoms with E-state index in [0.29, 0.717) is 0 Å². The predicted octanol–water partition coefficient (Wildman–Crippen LogP) is 3.96. The quantitative estimate of drug-likeness (QED) is 0.629. The summed E-state index contributed by atoms with van der Waals surface area (Å²) in [7, 11) is 0. The van der Waals surface area contributed by atoms with Crippen LogP contribution in [0.3, 0.4) is 0 Å². The first kappa shape index (κ1) is 12.7. The molecule has 0 fully saturated rings. The smallest absolute Gasteiger partial charge is 0.343 e. The summed E-state index contributed by atoms with van der Waals surface area (Å²) in [5, 5.41) is 0. The lowest BCUT2D eigenvalue weighted by Crippen LogP contribution is -2.05. The van der Waals surface area contributed by atoms with Gasteiger partial charge in [0.2, 0.25) is 0 Å². The van der Waals surface area contributed by atoms with Crippen molar-refractivity contribution in [1.82, 2.24) is 9.97 Å². The van der Waals surface area contributed by atoms with Crippen molar-refractivity contribution in [3.8, 4) is 11.3 Å². The Hall–Kier alpha value is -1.76. The van der Waals surface area contributed by atoms with Crippen LogP contribution in [0.25, 0.3) is 11.3 Å². The highest BCUT2D eigenvalue weighted by Gasteiger charge is 2.30. The molecule has 0 saturated carbocycles. The number of hydrogen-bond acceptors (Lipinski definition) is 2. The first-order valence-electron chi connectivity index (χ1n) is 4.80. The molecule has 0 unspecified atom stereocenters. The third-order valence-corrected chi connectivity index (χ3v) is 2.56. The van der Waals surface area contributed by atoms with Crippen molar-refractivity contribution >= 4 is 12.2 Å². The average Bonchev–Trinajstić information content (AvgIpc) is 2.32. The van der Waals surface area contributed by atoms with Gasteiger partial charge in [-0.05, 0) is 12.1 Å². The van der Waals surface area contributed by atoms with Gasteiger partial charge in [0.1, 0.15) is 0 Å². The van der Waals surface area contributed by atoms with Gasteiger partial charge in [-0.1, -0.05) is 24.4 Å². The molecule has 0 aliphatic carbocycles.